The van der Waals surface area contributed by atoms with Gasteiger partial charge < -0.3 is 14.3 Å². The third-order valence-corrected chi connectivity index (χ3v) is 3.08. The van der Waals surface area contributed by atoms with E-state index in [1.54, 1.807) is 6.07 Å². The van der Waals surface area contributed by atoms with Crippen LogP contribution in [0.5, 0.6) is 0 Å². The molecule has 114 valence electrons. The zero-order chi connectivity index (χ0) is 15.7. The first-order valence-corrected chi connectivity index (χ1v) is 7.16. The lowest BCUT2D eigenvalue weighted by molar-refractivity contribution is -0.121. The second-order valence-electron chi connectivity index (χ2n) is 6.31. The number of furan rings is 1. The van der Waals surface area contributed by atoms with Gasteiger partial charge in [-0.3, -0.25) is 4.79 Å². The van der Waals surface area contributed by atoms with Crippen LogP contribution in [0.3, 0.4) is 0 Å². The first-order chi connectivity index (χ1) is 10.4. The van der Waals surface area contributed by atoms with Crippen LogP contribution in [0.15, 0.2) is 45.3 Å². The highest BCUT2D eigenvalue weighted by atomic mass is 16.5. The topological polar surface area (TPSA) is 68.3 Å². The number of fused-ring (bicyclic) bond motifs is 1. The molecule has 5 nitrogen and oxygen atoms in total. The van der Waals surface area contributed by atoms with Crippen LogP contribution in [0, 0.1) is 0 Å². The van der Waals surface area contributed by atoms with Crippen molar-refractivity contribution in [2.24, 2.45) is 0 Å². The fraction of sp³-hybridized carbons (Fsp3) is 0.294. The van der Waals surface area contributed by atoms with Crippen molar-refractivity contribution in [1.82, 2.24) is 10.5 Å². The maximum absolute atomic E-state index is 11.9. The van der Waals surface area contributed by atoms with Gasteiger partial charge in [-0.15, -0.1) is 0 Å². The lowest BCUT2D eigenvalue weighted by atomic mass is 10.1. The summed E-state index contributed by atoms with van der Waals surface area (Å²) in [5, 5.41) is 7.83. The molecule has 0 atom stereocenters. The van der Waals surface area contributed by atoms with Crippen molar-refractivity contribution in [3.63, 3.8) is 0 Å². The van der Waals surface area contributed by atoms with E-state index in [-0.39, 0.29) is 17.9 Å². The lowest BCUT2D eigenvalue weighted by Gasteiger charge is -2.19. The van der Waals surface area contributed by atoms with Crippen LogP contribution in [-0.2, 0) is 11.2 Å². The van der Waals surface area contributed by atoms with E-state index in [0.29, 0.717) is 17.2 Å². The van der Waals surface area contributed by atoms with Crippen LogP contribution >= 0.6 is 0 Å². The van der Waals surface area contributed by atoms with E-state index >= 15 is 0 Å². The second-order valence-corrected chi connectivity index (χ2v) is 6.31. The molecule has 1 aromatic carbocycles. The Hall–Kier alpha value is -2.56. The van der Waals surface area contributed by atoms with E-state index in [0.717, 1.165) is 11.0 Å². The van der Waals surface area contributed by atoms with Gasteiger partial charge >= 0.3 is 0 Å². The smallest absolute Gasteiger partial charge is 0.226 e. The third-order valence-electron chi connectivity index (χ3n) is 3.08. The molecule has 0 fully saturated rings. The Balaban J connectivity index is 1.77. The van der Waals surface area contributed by atoms with E-state index in [9.17, 15) is 4.79 Å². The normalized spacial score (nSPS) is 11.8. The molecule has 1 N–H and O–H groups in total. The molecular weight excluding hydrogens is 280 g/mol. The molecule has 0 aliphatic carbocycles. The zero-order valence-corrected chi connectivity index (χ0v) is 12.8. The molecule has 5 heteroatoms. The zero-order valence-electron chi connectivity index (χ0n) is 12.8. The number of carbonyl (C=O) groups is 1. The fourth-order valence-corrected chi connectivity index (χ4v) is 2.24. The number of amides is 1. The van der Waals surface area contributed by atoms with Crippen LogP contribution in [0.1, 0.15) is 26.5 Å². The summed E-state index contributed by atoms with van der Waals surface area (Å²) in [6.07, 6.45) is 0.182. The predicted molar refractivity (Wildman–Crippen MR) is 83.3 cm³/mol. The minimum absolute atomic E-state index is 0.0862. The minimum Gasteiger partial charge on any atom is -0.453 e. The van der Waals surface area contributed by atoms with Crippen LogP contribution < -0.4 is 5.32 Å². The Morgan fingerprint density at radius 2 is 1.95 bits per heavy atom. The molecule has 22 heavy (non-hydrogen) atoms. The quantitative estimate of drug-likeness (QED) is 0.803. The molecule has 1 amide bonds. The summed E-state index contributed by atoms with van der Waals surface area (Å²) in [6, 6.07) is 11.4. The van der Waals surface area contributed by atoms with Gasteiger partial charge in [0.25, 0.3) is 0 Å². The standard InChI is InChI=1S/C17H18N2O3/c1-17(2,3)18-16(20)10-12-9-15(22-19-12)14-8-11-6-4-5-7-13(11)21-14/h4-9H,10H2,1-3H3,(H,18,20). The Labute approximate surface area is 128 Å². The summed E-state index contributed by atoms with van der Waals surface area (Å²) < 4.78 is 11.0. The van der Waals surface area contributed by atoms with Crippen molar-refractivity contribution in [2.45, 2.75) is 32.7 Å². The van der Waals surface area contributed by atoms with E-state index in [4.69, 9.17) is 8.94 Å². The SMILES string of the molecule is CC(C)(C)NC(=O)Cc1cc(-c2cc3ccccc3o2)on1. The molecule has 0 saturated heterocycles. The van der Waals surface area contributed by atoms with Crippen molar-refractivity contribution in [1.29, 1.82) is 0 Å². The number of carbonyl (C=O) groups excluding carboxylic acids is 1. The number of aromatic nitrogens is 1. The van der Waals surface area contributed by atoms with Gasteiger partial charge in [0.1, 0.15) is 5.58 Å². The second kappa shape index (κ2) is 5.33. The molecule has 2 heterocycles. The molecule has 0 saturated carbocycles. The number of para-hydroxylation sites is 1. The Morgan fingerprint density at radius 3 is 2.68 bits per heavy atom. The first-order valence-electron chi connectivity index (χ1n) is 7.16. The summed E-state index contributed by atoms with van der Waals surface area (Å²) in [5.74, 6) is 1.04. The van der Waals surface area contributed by atoms with Gasteiger partial charge in [-0.05, 0) is 32.9 Å². The highest BCUT2D eigenvalue weighted by Crippen LogP contribution is 2.28. The predicted octanol–water partition coefficient (Wildman–Crippen LogP) is 3.55. The molecule has 3 aromatic rings. The number of hydrogen-bond donors (Lipinski definition) is 1. The number of benzene rings is 1. The molecule has 2 aromatic heterocycles. The highest BCUT2D eigenvalue weighted by Gasteiger charge is 2.17. The van der Waals surface area contributed by atoms with Crippen LogP contribution in [0.2, 0.25) is 0 Å². The van der Waals surface area contributed by atoms with Crippen molar-refractivity contribution in [3.8, 4) is 11.5 Å². The maximum Gasteiger partial charge on any atom is 0.226 e. The molecule has 0 aliphatic rings. The van der Waals surface area contributed by atoms with E-state index in [2.05, 4.69) is 10.5 Å². The van der Waals surface area contributed by atoms with Gasteiger partial charge in [-0.2, -0.15) is 0 Å². The summed E-state index contributed by atoms with van der Waals surface area (Å²) in [5.41, 5.74) is 1.11. The number of hydrogen-bond acceptors (Lipinski definition) is 4. The number of rotatable bonds is 3. The van der Waals surface area contributed by atoms with Gasteiger partial charge in [0, 0.05) is 17.0 Å². The largest absolute Gasteiger partial charge is 0.453 e. The average molecular weight is 298 g/mol. The van der Waals surface area contributed by atoms with Crippen molar-refractivity contribution >= 4 is 16.9 Å². The van der Waals surface area contributed by atoms with Gasteiger partial charge in [-0.25, -0.2) is 0 Å². The van der Waals surface area contributed by atoms with Crippen LogP contribution in [0.4, 0.5) is 0 Å². The van der Waals surface area contributed by atoms with Crippen LogP contribution in [-0.4, -0.2) is 16.6 Å². The van der Waals surface area contributed by atoms with Gasteiger partial charge in [0.2, 0.25) is 11.7 Å². The lowest BCUT2D eigenvalue weighted by Crippen LogP contribution is -2.41. The van der Waals surface area contributed by atoms with Crippen molar-refractivity contribution in [2.75, 3.05) is 0 Å². The molecule has 3 rings (SSSR count). The molecule has 0 bridgehead atoms. The fourth-order valence-electron chi connectivity index (χ4n) is 2.24. The van der Waals surface area contributed by atoms with E-state index in [1.165, 1.54) is 0 Å². The molecule has 0 radical (unpaired) electrons. The molecular formula is C17H18N2O3. The Bertz CT molecular complexity index is 776. The van der Waals surface area contributed by atoms with Gasteiger partial charge in [-0.1, -0.05) is 23.4 Å². The summed E-state index contributed by atoms with van der Waals surface area (Å²) >= 11 is 0. The molecule has 0 aliphatic heterocycles. The van der Waals surface area contributed by atoms with Crippen molar-refractivity contribution < 1.29 is 13.7 Å². The van der Waals surface area contributed by atoms with Gasteiger partial charge in [0.05, 0.1) is 12.1 Å². The summed E-state index contributed by atoms with van der Waals surface area (Å²) in [6.45, 7) is 5.81. The average Bonchev–Trinajstić information content (AvgIpc) is 3.01. The number of nitrogens with zero attached hydrogens (tertiary/aromatic N) is 1. The van der Waals surface area contributed by atoms with E-state index < -0.39 is 0 Å². The van der Waals surface area contributed by atoms with E-state index in [1.807, 2.05) is 51.1 Å². The summed E-state index contributed by atoms with van der Waals surface area (Å²) in [7, 11) is 0. The van der Waals surface area contributed by atoms with Gasteiger partial charge in [0.15, 0.2) is 5.76 Å². The third kappa shape index (κ3) is 3.19. The highest BCUT2D eigenvalue weighted by molar-refractivity contribution is 5.82. The van der Waals surface area contributed by atoms with Crippen molar-refractivity contribution in [3.05, 3.63) is 42.1 Å². The number of nitrogens with one attached hydrogen (secondary N) is 1. The Morgan fingerprint density at radius 1 is 1.18 bits per heavy atom. The van der Waals surface area contributed by atoms with Crippen LogP contribution in [0.25, 0.3) is 22.5 Å². The Kier molecular flexibility index (Phi) is 3.48. The summed E-state index contributed by atoms with van der Waals surface area (Å²) in [4.78, 5) is 11.9. The minimum atomic E-state index is -0.262. The maximum atomic E-state index is 11.9. The first kappa shape index (κ1) is 14.4. The molecule has 0 unspecified atom stereocenters. The molecule has 0 spiro atoms. The monoisotopic (exact) mass is 298 g/mol.